The third-order valence-electron chi connectivity index (χ3n) is 3.34. The summed E-state index contributed by atoms with van der Waals surface area (Å²) in [5.41, 5.74) is 0. The number of hydrogen-bond donors (Lipinski definition) is 1. The first-order valence-electron chi connectivity index (χ1n) is 7.97. The minimum absolute atomic E-state index is 0.126. The molecule has 2 unspecified atom stereocenters. The number of rotatable bonds is 3. The SMILES string of the molecule is CC.CC(C)C1CCOC(C(F)(F)F)C1.CC(C)CCO. The molecule has 1 heterocycles. The normalized spacial score (nSPS) is 22.3. The van der Waals surface area contributed by atoms with Crippen LogP contribution in [0.4, 0.5) is 13.2 Å². The van der Waals surface area contributed by atoms with Gasteiger partial charge >= 0.3 is 6.18 Å². The van der Waals surface area contributed by atoms with E-state index in [-0.39, 0.29) is 18.9 Å². The third kappa shape index (κ3) is 12.0. The average molecular weight is 314 g/mol. The van der Waals surface area contributed by atoms with Crippen LogP contribution in [0.3, 0.4) is 0 Å². The second-order valence-corrected chi connectivity index (χ2v) is 5.84. The lowest BCUT2D eigenvalue weighted by Gasteiger charge is -2.32. The average Bonchev–Trinajstić information content (AvgIpc) is 2.40. The molecule has 130 valence electrons. The Hall–Kier alpha value is -0.290. The maximum atomic E-state index is 12.3. The fourth-order valence-electron chi connectivity index (χ4n) is 1.91. The fourth-order valence-corrected chi connectivity index (χ4v) is 1.91. The van der Waals surface area contributed by atoms with E-state index in [1.54, 1.807) is 0 Å². The molecule has 0 aromatic heterocycles. The van der Waals surface area contributed by atoms with Crippen LogP contribution in [0.1, 0.15) is 60.8 Å². The zero-order chi connectivity index (χ0) is 17.1. The second-order valence-electron chi connectivity index (χ2n) is 5.84. The van der Waals surface area contributed by atoms with E-state index >= 15 is 0 Å². The van der Waals surface area contributed by atoms with E-state index < -0.39 is 12.3 Å². The molecule has 2 atom stereocenters. The van der Waals surface area contributed by atoms with Crippen molar-refractivity contribution in [1.29, 1.82) is 0 Å². The predicted octanol–water partition coefficient (Wildman–Crippen LogP) is 5.05. The molecule has 1 saturated heterocycles. The van der Waals surface area contributed by atoms with E-state index in [0.717, 1.165) is 12.8 Å². The van der Waals surface area contributed by atoms with E-state index in [4.69, 9.17) is 9.84 Å². The lowest BCUT2D eigenvalue weighted by molar-refractivity contribution is -0.237. The van der Waals surface area contributed by atoms with E-state index in [1.165, 1.54) is 0 Å². The van der Waals surface area contributed by atoms with Crippen LogP contribution in [0.2, 0.25) is 0 Å². The fraction of sp³-hybridized carbons (Fsp3) is 1.00. The third-order valence-corrected chi connectivity index (χ3v) is 3.34. The Balaban J connectivity index is 0. The standard InChI is InChI=1S/C9H15F3O.C5H12O.C2H6/c1-6(2)7-3-4-13-8(5-7)9(10,11)12;1-5(2)3-4-6;1-2/h6-8H,3-5H2,1-2H3;5-6H,3-4H2,1-2H3;1-2H3. The maximum absolute atomic E-state index is 12.3. The Morgan fingerprint density at radius 1 is 1.14 bits per heavy atom. The van der Waals surface area contributed by atoms with Gasteiger partial charge in [-0.1, -0.05) is 41.5 Å². The Morgan fingerprint density at radius 2 is 1.67 bits per heavy atom. The molecular formula is C16H33F3O2. The van der Waals surface area contributed by atoms with Crippen LogP contribution in [-0.4, -0.2) is 30.6 Å². The molecule has 0 amide bonds. The van der Waals surface area contributed by atoms with Gasteiger partial charge in [-0.25, -0.2) is 0 Å². The number of ether oxygens (including phenoxy) is 1. The summed E-state index contributed by atoms with van der Waals surface area (Å²) in [7, 11) is 0. The summed E-state index contributed by atoms with van der Waals surface area (Å²) in [5, 5.41) is 8.24. The van der Waals surface area contributed by atoms with Crippen molar-refractivity contribution in [3.05, 3.63) is 0 Å². The van der Waals surface area contributed by atoms with Gasteiger partial charge in [-0.05, 0) is 37.0 Å². The summed E-state index contributed by atoms with van der Waals surface area (Å²) in [6.45, 7) is 12.7. The van der Waals surface area contributed by atoms with Crippen molar-refractivity contribution in [2.24, 2.45) is 17.8 Å². The zero-order valence-corrected chi connectivity index (χ0v) is 14.3. The molecule has 0 bridgehead atoms. The van der Waals surface area contributed by atoms with Gasteiger partial charge in [0.05, 0.1) is 0 Å². The van der Waals surface area contributed by atoms with Crippen molar-refractivity contribution in [1.82, 2.24) is 0 Å². The summed E-state index contributed by atoms with van der Waals surface area (Å²) in [6, 6.07) is 0. The molecule has 0 spiro atoms. The number of halogens is 3. The van der Waals surface area contributed by atoms with Gasteiger partial charge in [0.2, 0.25) is 0 Å². The number of aliphatic hydroxyl groups excluding tert-OH is 1. The second kappa shape index (κ2) is 12.3. The summed E-state index contributed by atoms with van der Waals surface area (Å²) < 4.78 is 41.5. The maximum Gasteiger partial charge on any atom is 0.414 e. The van der Waals surface area contributed by atoms with E-state index in [9.17, 15) is 13.2 Å². The van der Waals surface area contributed by atoms with Crippen LogP contribution in [0.15, 0.2) is 0 Å². The summed E-state index contributed by atoms with van der Waals surface area (Å²) in [5.74, 6) is 1.11. The van der Waals surface area contributed by atoms with Crippen LogP contribution in [0.25, 0.3) is 0 Å². The smallest absolute Gasteiger partial charge is 0.396 e. The summed E-state index contributed by atoms with van der Waals surface area (Å²) in [4.78, 5) is 0. The van der Waals surface area contributed by atoms with Crippen molar-refractivity contribution in [2.75, 3.05) is 13.2 Å². The van der Waals surface area contributed by atoms with Gasteiger partial charge in [0.1, 0.15) is 0 Å². The molecule has 1 aliphatic heterocycles. The molecule has 0 radical (unpaired) electrons. The van der Waals surface area contributed by atoms with Gasteiger partial charge < -0.3 is 9.84 Å². The Bertz CT molecular complexity index is 228. The lowest BCUT2D eigenvalue weighted by atomic mass is 9.86. The highest BCUT2D eigenvalue weighted by Crippen LogP contribution is 2.35. The number of aliphatic hydroxyl groups is 1. The molecule has 1 rings (SSSR count). The minimum Gasteiger partial charge on any atom is -0.396 e. The van der Waals surface area contributed by atoms with Gasteiger partial charge in [-0.15, -0.1) is 0 Å². The zero-order valence-electron chi connectivity index (χ0n) is 14.3. The van der Waals surface area contributed by atoms with Crippen molar-refractivity contribution < 1.29 is 23.0 Å². The van der Waals surface area contributed by atoms with Gasteiger partial charge in [0, 0.05) is 13.2 Å². The van der Waals surface area contributed by atoms with Crippen molar-refractivity contribution >= 4 is 0 Å². The largest absolute Gasteiger partial charge is 0.414 e. The van der Waals surface area contributed by atoms with Crippen LogP contribution in [0.5, 0.6) is 0 Å². The molecule has 1 aliphatic rings. The van der Waals surface area contributed by atoms with Crippen LogP contribution >= 0.6 is 0 Å². The first-order chi connectivity index (χ1) is 9.68. The predicted molar refractivity (Wildman–Crippen MR) is 81.2 cm³/mol. The molecule has 2 nitrogen and oxygen atoms in total. The molecule has 21 heavy (non-hydrogen) atoms. The first kappa shape index (κ1) is 23.0. The highest BCUT2D eigenvalue weighted by molar-refractivity contribution is 4.78. The molecule has 5 heteroatoms. The molecule has 1 fully saturated rings. The van der Waals surface area contributed by atoms with Gasteiger partial charge in [0.25, 0.3) is 0 Å². The molecule has 0 aliphatic carbocycles. The highest BCUT2D eigenvalue weighted by Gasteiger charge is 2.43. The van der Waals surface area contributed by atoms with Gasteiger partial charge in [-0.2, -0.15) is 13.2 Å². The van der Waals surface area contributed by atoms with Crippen LogP contribution in [0, 0.1) is 17.8 Å². The topological polar surface area (TPSA) is 29.5 Å². The van der Waals surface area contributed by atoms with Crippen LogP contribution < -0.4 is 0 Å². The summed E-state index contributed by atoms with van der Waals surface area (Å²) in [6.07, 6.45) is -3.91. The Labute approximate surface area is 128 Å². The Morgan fingerprint density at radius 3 is 1.95 bits per heavy atom. The highest BCUT2D eigenvalue weighted by atomic mass is 19.4. The van der Waals surface area contributed by atoms with E-state index in [2.05, 4.69) is 13.8 Å². The molecule has 0 aromatic rings. The minimum atomic E-state index is -4.19. The van der Waals surface area contributed by atoms with Gasteiger partial charge in [0.15, 0.2) is 6.10 Å². The molecule has 0 saturated carbocycles. The molecular weight excluding hydrogens is 281 g/mol. The monoisotopic (exact) mass is 314 g/mol. The Kier molecular flexibility index (Phi) is 13.4. The van der Waals surface area contributed by atoms with Crippen molar-refractivity contribution in [2.45, 2.75) is 73.1 Å². The van der Waals surface area contributed by atoms with E-state index in [1.807, 2.05) is 27.7 Å². The quantitative estimate of drug-likeness (QED) is 0.790. The number of alkyl halides is 3. The van der Waals surface area contributed by atoms with E-state index in [0.29, 0.717) is 18.4 Å². The van der Waals surface area contributed by atoms with Crippen molar-refractivity contribution in [3.63, 3.8) is 0 Å². The lowest BCUT2D eigenvalue weighted by Crippen LogP contribution is -2.38. The number of hydrogen-bond acceptors (Lipinski definition) is 2. The molecule has 1 N–H and O–H groups in total. The van der Waals surface area contributed by atoms with Crippen LogP contribution in [-0.2, 0) is 4.74 Å². The van der Waals surface area contributed by atoms with Gasteiger partial charge in [-0.3, -0.25) is 0 Å². The van der Waals surface area contributed by atoms with Crippen molar-refractivity contribution in [3.8, 4) is 0 Å². The summed E-state index contributed by atoms with van der Waals surface area (Å²) >= 11 is 0. The molecule has 0 aromatic carbocycles. The first-order valence-corrected chi connectivity index (χ1v) is 7.97.